The van der Waals surface area contributed by atoms with Gasteiger partial charge in [-0.2, -0.15) is 0 Å². The van der Waals surface area contributed by atoms with E-state index >= 15 is 0 Å². The molecule has 15 unspecified atom stereocenters. The van der Waals surface area contributed by atoms with Gasteiger partial charge in [0.1, 0.15) is 49.7 Å². The zero-order valence-corrected chi connectivity index (χ0v) is 38.2. The summed E-state index contributed by atoms with van der Waals surface area (Å²) in [5.74, 6) is -0.711. The lowest BCUT2D eigenvalue weighted by atomic mass is 9.80. The van der Waals surface area contributed by atoms with Crippen LogP contribution in [0.25, 0.3) is 0 Å². The highest BCUT2D eigenvalue weighted by Crippen LogP contribution is 2.37. The molecule has 6 rings (SSSR count). The summed E-state index contributed by atoms with van der Waals surface area (Å²) >= 11 is 5.80. The lowest BCUT2D eigenvalue weighted by molar-refractivity contribution is -0.287. The monoisotopic (exact) mass is 951 g/mol. The van der Waals surface area contributed by atoms with Crippen LogP contribution in [0, 0.1) is 5.92 Å². The standard InChI is InChI=1S/C45H62ClN3O15S/c1-4-30-17-19-32(47-44(53)57-25-28-13-8-6-9-14-28)41(59-30)62-38-27(3)23-34(49-65(55,56)22-12-21-46)36(51)40(38)64-43-37(52)39(35(24-50)61-43)63-42-33(20-18-31(5-2)60-42)48-45(54)58-26-29-15-10-7-11-16-29/h6-11,13-20,27,30-43,49-52H,4-5,12,21-26H2,1-3H3,(H,47,53)(H,48,54). The number of hydrogen-bond acceptors (Lipinski definition) is 15. The second kappa shape index (κ2) is 24.4. The molecule has 3 heterocycles. The van der Waals surface area contributed by atoms with Gasteiger partial charge >= 0.3 is 12.2 Å². The highest BCUT2D eigenvalue weighted by molar-refractivity contribution is 7.89. The molecular formula is C45H62ClN3O15S. The van der Waals surface area contributed by atoms with Crippen LogP contribution in [-0.4, -0.2) is 140 Å². The summed E-state index contributed by atoms with van der Waals surface area (Å²) in [5, 5.41) is 39.9. The molecule has 0 bridgehead atoms. The van der Waals surface area contributed by atoms with Crippen LogP contribution in [0.3, 0.4) is 0 Å². The van der Waals surface area contributed by atoms with E-state index in [-0.39, 0.29) is 37.7 Å². The predicted molar refractivity (Wildman–Crippen MR) is 235 cm³/mol. The number of amides is 2. The molecule has 0 spiro atoms. The van der Waals surface area contributed by atoms with Crippen LogP contribution < -0.4 is 15.4 Å². The number of halogens is 1. The number of alkyl halides is 1. The number of alkyl carbamates (subject to hydrolysis) is 2. The van der Waals surface area contributed by atoms with Crippen LogP contribution in [0.4, 0.5) is 9.59 Å². The summed E-state index contributed by atoms with van der Waals surface area (Å²) in [5.41, 5.74) is 1.57. The first-order chi connectivity index (χ1) is 31.3. The van der Waals surface area contributed by atoms with E-state index in [9.17, 15) is 33.3 Å². The van der Waals surface area contributed by atoms with Crippen molar-refractivity contribution in [3.05, 3.63) is 96.1 Å². The normalized spacial score (nSPS) is 33.6. The molecule has 1 saturated heterocycles. The number of nitrogens with one attached hydrogen (secondary N) is 3. The van der Waals surface area contributed by atoms with Crippen molar-refractivity contribution in [1.29, 1.82) is 0 Å². The molecule has 65 heavy (non-hydrogen) atoms. The molecular weight excluding hydrogens is 890 g/mol. The fourth-order valence-electron chi connectivity index (χ4n) is 8.05. The summed E-state index contributed by atoms with van der Waals surface area (Å²) < 4.78 is 77.6. The van der Waals surface area contributed by atoms with Gasteiger partial charge in [0.05, 0.1) is 42.8 Å². The minimum absolute atomic E-state index is 0.0150. The van der Waals surface area contributed by atoms with Crippen LogP contribution in [0.2, 0.25) is 0 Å². The van der Waals surface area contributed by atoms with Gasteiger partial charge in [-0.3, -0.25) is 0 Å². The maximum atomic E-state index is 13.1. The first kappa shape index (κ1) is 50.7. The van der Waals surface area contributed by atoms with Crippen LogP contribution in [0.1, 0.15) is 57.6 Å². The molecule has 1 aliphatic carbocycles. The fraction of sp³-hybridized carbons (Fsp3) is 0.600. The van der Waals surface area contributed by atoms with Gasteiger partial charge in [-0.05, 0) is 42.7 Å². The van der Waals surface area contributed by atoms with Crippen LogP contribution in [0.15, 0.2) is 85.0 Å². The Kier molecular flexibility index (Phi) is 19.0. The van der Waals surface area contributed by atoms with Gasteiger partial charge in [0.2, 0.25) is 10.0 Å². The molecule has 1 saturated carbocycles. The Bertz CT molecular complexity index is 1970. The first-order valence-electron chi connectivity index (χ1n) is 22.1. The van der Waals surface area contributed by atoms with E-state index in [2.05, 4.69) is 15.4 Å². The second-order valence-electron chi connectivity index (χ2n) is 16.4. The van der Waals surface area contributed by atoms with Gasteiger partial charge in [0.15, 0.2) is 18.9 Å². The second-order valence-corrected chi connectivity index (χ2v) is 18.7. The minimum atomic E-state index is -3.92. The number of aliphatic hydroxyl groups is 3. The van der Waals surface area contributed by atoms with Crippen molar-refractivity contribution >= 4 is 33.8 Å². The third-order valence-electron chi connectivity index (χ3n) is 11.6. The van der Waals surface area contributed by atoms with E-state index in [1.807, 2.05) is 74.5 Å². The van der Waals surface area contributed by atoms with Crippen molar-refractivity contribution in [1.82, 2.24) is 15.4 Å². The first-order valence-corrected chi connectivity index (χ1v) is 24.3. The molecule has 4 aliphatic rings. The molecule has 0 radical (unpaired) electrons. The highest BCUT2D eigenvalue weighted by Gasteiger charge is 2.53. The number of rotatable bonds is 20. The predicted octanol–water partition coefficient (Wildman–Crippen LogP) is 3.51. The third-order valence-corrected chi connectivity index (χ3v) is 13.3. The summed E-state index contributed by atoms with van der Waals surface area (Å²) in [4.78, 5) is 26.0. The molecule has 18 nitrogen and oxygen atoms in total. The van der Waals surface area contributed by atoms with E-state index in [1.165, 1.54) is 0 Å². The maximum absolute atomic E-state index is 13.1. The number of carbonyl (C=O) groups excluding carboxylic acids is 2. The number of carbonyl (C=O) groups is 2. The van der Waals surface area contributed by atoms with Crippen molar-refractivity contribution in [3.8, 4) is 0 Å². The van der Waals surface area contributed by atoms with Crippen molar-refractivity contribution in [2.75, 3.05) is 18.2 Å². The molecule has 2 fully saturated rings. The average molecular weight is 953 g/mol. The Morgan fingerprint density at radius 2 is 1.23 bits per heavy atom. The lowest BCUT2D eigenvalue weighted by Gasteiger charge is -2.46. The Morgan fingerprint density at radius 1 is 0.723 bits per heavy atom. The number of hydrogen-bond donors (Lipinski definition) is 6. The highest BCUT2D eigenvalue weighted by atomic mass is 35.5. The molecule has 15 atom stereocenters. The zero-order chi connectivity index (χ0) is 46.5. The molecule has 20 heteroatoms. The molecule has 0 aromatic heterocycles. The minimum Gasteiger partial charge on any atom is -0.445 e. The maximum Gasteiger partial charge on any atom is 0.408 e. The van der Waals surface area contributed by atoms with Crippen LogP contribution in [0.5, 0.6) is 0 Å². The van der Waals surface area contributed by atoms with Gasteiger partial charge in [0.25, 0.3) is 0 Å². The summed E-state index contributed by atoms with van der Waals surface area (Å²) in [6.45, 7) is 4.98. The number of benzene rings is 2. The number of sulfonamides is 1. The third kappa shape index (κ3) is 14.2. The van der Waals surface area contributed by atoms with Gasteiger partial charge < -0.3 is 63.8 Å². The van der Waals surface area contributed by atoms with Crippen LogP contribution in [-0.2, 0) is 61.1 Å². The van der Waals surface area contributed by atoms with Crippen molar-refractivity contribution in [2.24, 2.45) is 5.92 Å². The number of aliphatic hydroxyl groups excluding tert-OH is 3. The molecule has 360 valence electrons. The zero-order valence-electron chi connectivity index (χ0n) is 36.6. The fourth-order valence-corrected chi connectivity index (χ4v) is 9.68. The summed E-state index contributed by atoms with van der Waals surface area (Å²) in [6, 6.07) is 15.5. The Morgan fingerprint density at radius 3 is 1.72 bits per heavy atom. The van der Waals surface area contributed by atoms with Crippen molar-refractivity contribution in [3.63, 3.8) is 0 Å². The summed E-state index contributed by atoms with van der Waals surface area (Å²) in [7, 11) is -3.92. The number of ether oxygens (including phenoxy) is 8. The van der Waals surface area contributed by atoms with Crippen molar-refractivity contribution < 1.29 is 71.2 Å². The quantitative estimate of drug-likeness (QED) is 0.0823. The topological polar surface area (TPSA) is 239 Å². The molecule has 2 aromatic carbocycles. The van der Waals surface area contributed by atoms with Crippen molar-refractivity contribution in [2.45, 2.75) is 145 Å². The van der Waals surface area contributed by atoms with Gasteiger partial charge in [-0.1, -0.05) is 106 Å². The van der Waals surface area contributed by atoms with Gasteiger partial charge in [-0.15, -0.1) is 11.6 Å². The van der Waals surface area contributed by atoms with E-state index in [0.717, 1.165) is 11.1 Å². The van der Waals surface area contributed by atoms with Gasteiger partial charge in [0, 0.05) is 5.88 Å². The largest absolute Gasteiger partial charge is 0.445 e. The van der Waals surface area contributed by atoms with E-state index in [4.69, 9.17) is 49.5 Å². The molecule has 3 aliphatic heterocycles. The van der Waals surface area contributed by atoms with E-state index in [1.54, 1.807) is 31.2 Å². The Balaban J connectivity index is 1.20. The van der Waals surface area contributed by atoms with Gasteiger partial charge in [-0.25, -0.2) is 22.7 Å². The van der Waals surface area contributed by atoms with E-state index < -0.39 is 121 Å². The Hall–Kier alpha value is -3.70. The van der Waals surface area contributed by atoms with E-state index in [0.29, 0.717) is 12.8 Å². The average Bonchev–Trinajstić information content (AvgIpc) is 3.60. The molecule has 2 aromatic rings. The SMILES string of the molecule is CCC1C=CC(NC(=O)OCc2ccccc2)C(OC2C(CO)OC(OC3C(O)C(NS(=O)(=O)CCCCl)CC(C)C3OC3OC(CC)C=CC3NC(=O)OCc3ccccc3)C2O)O1. The summed E-state index contributed by atoms with van der Waals surface area (Å²) in [6.07, 6.45) is -5.95. The van der Waals surface area contributed by atoms with Crippen LogP contribution >= 0.6 is 11.6 Å². The lowest BCUT2D eigenvalue weighted by Crippen LogP contribution is -2.63. The molecule has 2 amide bonds. The smallest absolute Gasteiger partial charge is 0.408 e. The molecule has 6 N–H and O–H groups in total. The Labute approximate surface area is 384 Å².